The molecule has 0 fully saturated rings. The van der Waals surface area contributed by atoms with E-state index in [1.165, 1.54) is 0 Å². The number of hydrogen-bond acceptors (Lipinski definition) is 5. The van der Waals surface area contributed by atoms with E-state index in [2.05, 4.69) is 35.5 Å². The molecule has 2 N–H and O–H groups in total. The van der Waals surface area contributed by atoms with Crippen molar-refractivity contribution < 1.29 is 29.0 Å². The summed E-state index contributed by atoms with van der Waals surface area (Å²) in [6, 6.07) is 16.2. The maximum Gasteiger partial charge on any atom is 0.407 e. The summed E-state index contributed by atoms with van der Waals surface area (Å²) in [6.07, 6.45) is 4.61. The van der Waals surface area contributed by atoms with E-state index in [1.54, 1.807) is 0 Å². The molecular formula is C25H26N2O6. The van der Waals surface area contributed by atoms with Crippen molar-refractivity contribution in [2.75, 3.05) is 39.5 Å². The second kappa shape index (κ2) is 11.7. The third-order valence-electron chi connectivity index (χ3n) is 5.28. The number of alkyl carbamates (subject to hydrolysis) is 1. The maximum absolute atomic E-state index is 12.1. The van der Waals surface area contributed by atoms with Crippen LogP contribution in [-0.4, -0.2) is 67.4 Å². The number of aliphatic carboxylic acids is 1. The number of terminal acetylenes is 1. The standard InChI is InChI=1S/C25H26N2O6/c1-2-13-27(16-24(29)30)23(28)11-14-32-15-12-26-25(31)33-17-22-20-9-5-3-7-18(20)19-8-4-6-10-21(19)22/h1,3-10,22H,11-17H2,(H,26,31)(H,29,30). The number of carboxylic acids is 1. The Morgan fingerprint density at radius 2 is 1.67 bits per heavy atom. The van der Waals surface area contributed by atoms with E-state index in [-0.39, 0.29) is 45.2 Å². The van der Waals surface area contributed by atoms with Crippen molar-refractivity contribution in [1.82, 2.24) is 10.2 Å². The van der Waals surface area contributed by atoms with Gasteiger partial charge in [0.1, 0.15) is 13.2 Å². The number of carboxylic acid groups (broad SMARTS) is 1. The summed E-state index contributed by atoms with van der Waals surface area (Å²) in [5.74, 6) is 0.713. The van der Waals surface area contributed by atoms with E-state index in [0.717, 1.165) is 27.2 Å². The van der Waals surface area contributed by atoms with Crippen molar-refractivity contribution in [3.8, 4) is 23.5 Å². The monoisotopic (exact) mass is 450 g/mol. The number of fused-ring (bicyclic) bond motifs is 3. The van der Waals surface area contributed by atoms with Gasteiger partial charge in [0, 0.05) is 12.5 Å². The van der Waals surface area contributed by atoms with E-state index < -0.39 is 24.5 Å². The summed E-state index contributed by atoms with van der Waals surface area (Å²) in [4.78, 5) is 35.9. The van der Waals surface area contributed by atoms with Crippen LogP contribution in [0.25, 0.3) is 11.1 Å². The first-order valence-electron chi connectivity index (χ1n) is 10.6. The number of carbonyl (C=O) groups is 3. The first-order valence-corrected chi connectivity index (χ1v) is 10.6. The molecule has 2 amide bonds. The summed E-state index contributed by atoms with van der Waals surface area (Å²) in [5, 5.41) is 11.4. The SMILES string of the molecule is C#CCN(CC(=O)O)C(=O)CCOCCNC(=O)OCC1c2ccccc2-c2ccccc21. The lowest BCUT2D eigenvalue weighted by Crippen LogP contribution is -2.36. The molecule has 0 bridgehead atoms. The molecule has 0 aliphatic heterocycles. The average Bonchev–Trinajstić information content (AvgIpc) is 3.13. The fraction of sp³-hybridized carbons (Fsp3) is 0.320. The summed E-state index contributed by atoms with van der Waals surface area (Å²) >= 11 is 0. The molecule has 8 heteroatoms. The van der Waals surface area contributed by atoms with Gasteiger partial charge in [0.25, 0.3) is 0 Å². The average molecular weight is 450 g/mol. The summed E-state index contributed by atoms with van der Waals surface area (Å²) < 4.78 is 10.8. The molecule has 0 spiro atoms. The second-order valence-corrected chi connectivity index (χ2v) is 7.46. The smallest absolute Gasteiger partial charge is 0.407 e. The molecule has 33 heavy (non-hydrogen) atoms. The van der Waals surface area contributed by atoms with Gasteiger partial charge in [-0.15, -0.1) is 6.42 Å². The quantitative estimate of drug-likeness (QED) is 0.403. The van der Waals surface area contributed by atoms with E-state index in [1.807, 2.05) is 24.3 Å². The number of carbonyl (C=O) groups excluding carboxylic acids is 2. The van der Waals surface area contributed by atoms with Gasteiger partial charge in [0.15, 0.2) is 0 Å². The molecule has 172 valence electrons. The lowest BCUT2D eigenvalue weighted by atomic mass is 9.98. The molecule has 0 saturated heterocycles. The Labute approximate surface area is 192 Å². The van der Waals surface area contributed by atoms with Gasteiger partial charge in [-0.3, -0.25) is 9.59 Å². The number of nitrogens with one attached hydrogen (secondary N) is 1. The van der Waals surface area contributed by atoms with Crippen LogP contribution >= 0.6 is 0 Å². The second-order valence-electron chi connectivity index (χ2n) is 7.46. The molecule has 8 nitrogen and oxygen atoms in total. The van der Waals surface area contributed by atoms with E-state index in [0.29, 0.717) is 0 Å². The Balaban J connectivity index is 1.36. The Kier molecular flexibility index (Phi) is 8.44. The molecule has 2 aromatic rings. The molecule has 0 saturated carbocycles. The first-order chi connectivity index (χ1) is 16.0. The van der Waals surface area contributed by atoms with Crippen LogP contribution in [0.15, 0.2) is 48.5 Å². The van der Waals surface area contributed by atoms with Crippen LogP contribution in [0, 0.1) is 12.3 Å². The highest BCUT2D eigenvalue weighted by Crippen LogP contribution is 2.44. The highest BCUT2D eigenvalue weighted by atomic mass is 16.5. The van der Waals surface area contributed by atoms with Crippen molar-refractivity contribution in [2.45, 2.75) is 12.3 Å². The molecule has 2 aromatic carbocycles. The molecule has 1 aliphatic carbocycles. The number of amides is 2. The Morgan fingerprint density at radius 3 is 2.27 bits per heavy atom. The minimum absolute atomic E-state index is 0.0000949. The van der Waals surface area contributed by atoms with Gasteiger partial charge in [-0.05, 0) is 22.3 Å². The van der Waals surface area contributed by atoms with Gasteiger partial charge < -0.3 is 24.8 Å². The predicted octanol–water partition coefficient (Wildman–Crippen LogP) is 2.48. The third kappa shape index (κ3) is 6.34. The van der Waals surface area contributed by atoms with Crippen LogP contribution in [0.3, 0.4) is 0 Å². The molecule has 0 heterocycles. The van der Waals surface area contributed by atoms with Gasteiger partial charge in [0.05, 0.1) is 26.2 Å². The number of hydrogen-bond donors (Lipinski definition) is 2. The van der Waals surface area contributed by atoms with Crippen LogP contribution in [0.5, 0.6) is 0 Å². The van der Waals surface area contributed by atoms with Crippen molar-refractivity contribution >= 4 is 18.0 Å². The van der Waals surface area contributed by atoms with E-state index >= 15 is 0 Å². The van der Waals surface area contributed by atoms with Crippen molar-refractivity contribution in [3.05, 3.63) is 59.7 Å². The van der Waals surface area contributed by atoms with Crippen LogP contribution in [-0.2, 0) is 19.1 Å². The number of benzene rings is 2. The van der Waals surface area contributed by atoms with Crippen LogP contribution in [0.4, 0.5) is 4.79 Å². The zero-order valence-electron chi connectivity index (χ0n) is 18.2. The van der Waals surface area contributed by atoms with Crippen LogP contribution in [0.1, 0.15) is 23.5 Å². The van der Waals surface area contributed by atoms with Gasteiger partial charge in [-0.25, -0.2) is 4.79 Å². The van der Waals surface area contributed by atoms with Gasteiger partial charge >= 0.3 is 12.1 Å². The lowest BCUT2D eigenvalue weighted by Gasteiger charge is -2.17. The Bertz CT molecular complexity index is 1000. The van der Waals surface area contributed by atoms with E-state index in [9.17, 15) is 14.4 Å². The molecule has 0 unspecified atom stereocenters. The fourth-order valence-corrected chi connectivity index (χ4v) is 3.80. The molecular weight excluding hydrogens is 424 g/mol. The van der Waals surface area contributed by atoms with Gasteiger partial charge in [0.2, 0.25) is 5.91 Å². The predicted molar refractivity (Wildman–Crippen MR) is 122 cm³/mol. The highest BCUT2D eigenvalue weighted by molar-refractivity contribution is 5.81. The molecule has 1 aliphatic rings. The number of rotatable bonds is 11. The van der Waals surface area contributed by atoms with Gasteiger partial charge in [-0.1, -0.05) is 54.5 Å². The fourth-order valence-electron chi connectivity index (χ4n) is 3.80. The summed E-state index contributed by atoms with van der Waals surface area (Å²) in [6.45, 7) is 0.191. The molecule has 0 radical (unpaired) electrons. The Morgan fingerprint density at radius 1 is 1.03 bits per heavy atom. The molecule has 0 aromatic heterocycles. The lowest BCUT2D eigenvalue weighted by molar-refractivity contribution is -0.144. The third-order valence-corrected chi connectivity index (χ3v) is 5.28. The zero-order valence-corrected chi connectivity index (χ0v) is 18.2. The van der Waals surface area contributed by atoms with Crippen molar-refractivity contribution in [3.63, 3.8) is 0 Å². The highest BCUT2D eigenvalue weighted by Gasteiger charge is 2.28. The molecule has 0 atom stereocenters. The normalized spacial score (nSPS) is 11.7. The maximum atomic E-state index is 12.1. The molecule has 3 rings (SSSR count). The van der Waals surface area contributed by atoms with Crippen molar-refractivity contribution in [1.29, 1.82) is 0 Å². The first kappa shape index (κ1) is 23.8. The van der Waals surface area contributed by atoms with Crippen LogP contribution < -0.4 is 5.32 Å². The number of ether oxygens (including phenoxy) is 2. The van der Waals surface area contributed by atoms with Crippen molar-refractivity contribution in [2.24, 2.45) is 0 Å². The zero-order chi connectivity index (χ0) is 23.6. The topological polar surface area (TPSA) is 105 Å². The minimum Gasteiger partial charge on any atom is -0.480 e. The van der Waals surface area contributed by atoms with Gasteiger partial charge in [-0.2, -0.15) is 0 Å². The summed E-state index contributed by atoms with van der Waals surface area (Å²) in [7, 11) is 0. The summed E-state index contributed by atoms with van der Waals surface area (Å²) in [5.41, 5.74) is 4.60. The van der Waals surface area contributed by atoms with E-state index in [4.69, 9.17) is 21.0 Å². The Hall–Kier alpha value is -3.83. The largest absolute Gasteiger partial charge is 0.480 e. The number of nitrogens with zero attached hydrogens (tertiary/aromatic N) is 1. The minimum atomic E-state index is -1.13. The van der Waals surface area contributed by atoms with Crippen LogP contribution in [0.2, 0.25) is 0 Å².